The fourth-order valence-electron chi connectivity index (χ4n) is 1.71. The molecular weight excluding hydrogens is 214 g/mol. The van der Waals surface area contributed by atoms with E-state index in [1.54, 1.807) is 0 Å². The van der Waals surface area contributed by atoms with E-state index in [9.17, 15) is 4.79 Å². The van der Waals surface area contributed by atoms with Crippen LogP contribution < -0.4 is 5.32 Å². The van der Waals surface area contributed by atoms with Crippen molar-refractivity contribution in [1.82, 2.24) is 5.32 Å². The van der Waals surface area contributed by atoms with E-state index < -0.39 is 5.97 Å². The number of hydrogen-bond acceptors (Lipinski definition) is 2. The summed E-state index contributed by atoms with van der Waals surface area (Å²) in [6.45, 7) is 8.03. The van der Waals surface area contributed by atoms with Gasteiger partial charge in [0.15, 0.2) is 0 Å². The highest BCUT2D eigenvalue weighted by molar-refractivity contribution is 5.86. The highest BCUT2D eigenvalue weighted by Crippen LogP contribution is 2.21. The average Bonchev–Trinajstić information content (AvgIpc) is 2.29. The van der Waals surface area contributed by atoms with Gasteiger partial charge in [0.25, 0.3) is 0 Å². The van der Waals surface area contributed by atoms with Crippen LogP contribution in [0.2, 0.25) is 0 Å². The zero-order valence-electron chi connectivity index (χ0n) is 10.3. The lowest BCUT2D eigenvalue weighted by atomic mass is 9.96. The number of carboxylic acids is 1. The Morgan fingerprint density at radius 3 is 2.41 bits per heavy atom. The van der Waals surface area contributed by atoms with Crippen molar-refractivity contribution >= 4 is 5.97 Å². The van der Waals surface area contributed by atoms with Crippen molar-refractivity contribution in [2.75, 3.05) is 6.54 Å². The van der Waals surface area contributed by atoms with Crippen molar-refractivity contribution in [2.24, 2.45) is 5.92 Å². The molecule has 3 heteroatoms. The Morgan fingerprint density at radius 2 is 1.94 bits per heavy atom. The van der Waals surface area contributed by atoms with Gasteiger partial charge in [0.1, 0.15) is 0 Å². The maximum absolute atomic E-state index is 10.7. The summed E-state index contributed by atoms with van der Waals surface area (Å²) in [5, 5.41) is 12.0. The molecule has 0 spiro atoms. The first-order valence-corrected chi connectivity index (χ1v) is 5.71. The Hall–Kier alpha value is -1.61. The van der Waals surface area contributed by atoms with Gasteiger partial charge in [-0.2, -0.15) is 0 Å². The van der Waals surface area contributed by atoms with Crippen LogP contribution in [0.15, 0.2) is 42.5 Å². The Morgan fingerprint density at radius 1 is 1.35 bits per heavy atom. The molecule has 0 aliphatic rings. The third-order valence-electron chi connectivity index (χ3n) is 2.66. The van der Waals surface area contributed by atoms with Crippen LogP contribution in [0, 0.1) is 5.92 Å². The highest BCUT2D eigenvalue weighted by atomic mass is 16.4. The minimum atomic E-state index is -0.951. The van der Waals surface area contributed by atoms with E-state index in [4.69, 9.17) is 5.11 Å². The third-order valence-corrected chi connectivity index (χ3v) is 2.66. The zero-order valence-corrected chi connectivity index (χ0v) is 10.3. The third kappa shape index (κ3) is 4.04. The van der Waals surface area contributed by atoms with Gasteiger partial charge < -0.3 is 10.4 Å². The summed E-state index contributed by atoms with van der Waals surface area (Å²) in [5.41, 5.74) is 1.35. The van der Waals surface area contributed by atoms with Crippen molar-refractivity contribution in [3.8, 4) is 0 Å². The number of carboxylic acid groups (broad SMARTS) is 1. The molecule has 0 aromatic heterocycles. The van der Waals surface area contributed by atoms with Crippen molar-refractivity contribution in [2.45, 2.75) is 19.9 Å². The van der Waals surface area contributed by atoms with Crippen LogP contribution in [-0.4, -0.2) is 17.6 Å². The fraction of sp³-hybridized carbons (Fsp3) is 0.357. The van der Waals surface area contributed by atoms with Gasteiger partial charge in [-0.1, -0.05) is 50.8 Å². The number of hydrogen-bond donors (Lipinski definition) is 2. The van der Waals surface area contributed by atoms with E-state index in [-0.39, 0.29) is 11.6 Å². The molecular formula is C14H19NO2. The lowest BCUT2D eigenvalue weighted by Crippen LogP contribution is -2.29. The standard InChI is InChI=1S/C14H19NO2/c1-10(2)13(12-7-5-4-6-8-12)15-9-11(3)14(16)17/h4-8,10,13,15H,3,9H2,1-2H3,(H,16,17). The summed E-state index contributed by atoms with van der Waals surface area (Å²) >= 11 is 0. The van der Waals surface area contributed by atoms with Gasteiger partial charge in [-0.3, -0.25) is 0 Å². The van der Waals surface area contributed by atoms with Gasteiger partial charge in [-0.05, 0) is 11.5 Å². The predicted molar refractivity (Wildman–Crippen MR) is 68.8 cm³/mol. The molecule has 17 heavy (non-hydrogen) atoms. The van der Waals surface area contributed by atoms with Gasteiger partial charge in [-0.25, -0.2) is 4.79 Å². The Balaban J connectivity index is 2.69. The molecule has 1 atom stereocenters. The van der Waals surface area contributed by atoms with Gasteiger partial charge in [0, 0.05) is 18.2 Å². The molecule has 92 valence electrons. The summed E-state index contributed by atoms with van der Waals surface area (Å²) in [7, 11) is 0. The fourth-order valence-corrected chi connectivity index (χ4v) is 1.71. The summed E-state index contributed by atoms with van der Waals surface area (Å²) in [6, 6.07) is 10.2. The average molecular weight is 233 g/mol. The predicted octanol–water partition coefficient (Wildman–Crippen LogP) is 2.61. The molecule has 1 rings (SSSR count). The van der Waals surface area contributed by atoms with Crippen molar-refractivity contribution in [3.63, 3.8) is 0 Å². The number of carbonyl (C=O) groups is 1. The van der Waals surface area contributed by atoms with Crippen LogP contribution in [0.4, 0.5) is 0 Å². The van der Waals surface area contributed by atoms with Crippen molar-refractivity contribution in [1.29, 1.82) is 0 Å². The van der Waals surface area contributed by atoms with Crippen LogP contribution in [-0.2, 0) is 4.79 Å². The largest absolute Gasteiger partial charge is 0.478 e. The topological polar surface area (TPSA) is 49.3 Å². The summed E-state index contributed by atoms with van der Waals surface area (Å²) in [5.74, 6) is -0.563. The molecule has 1 aromatic rings. The molecule has 0 aliphatic heterocycles. The Labute approximate surface area is 102 Å². The molecule has 2 N–H and O–H groups in total. The number of rotatable bonds is 6. The maximum Gasteiger partial charge on any atom is 0.332 e. The molecule has 0 heterocycles. The zero-order chi connectivity index (χ0) is 12.8. The van der Waals surface area contributed by atoms with E-state index in [1.807, 2.05) is 30.3 Å². The lowest BCUT2D eigenvalue weighted by molar-refractivity contribution is -0.132. The Bertz CT molecular complexity index is 384. The van der Waals surface area contributed by atoms with Gasteiger partial charge in [-0.15, -0.1) is 0 Å². The highest BCUT2D eigenvalue weighted by Gasteiger charge is 2.16. The number of benzene rings is 1. The van der Waals surface area contributed by atoms with Gasteiger partial charge in [0.2, 0.25) is 0 Å². The molecule has 0 saturated heterocycles. The second-order valence-electron chi connectivity index (χ2n) is 4.42. The number of aliphatic carboxylic acids is 1. The molecule has 0 fully saturated rings. The smallest absolute Gasteiger partial charge is 0.332 e. The van der Waals surface area contributed by atoms with Crippen LogP contribution in [0.25, 0.3) is 0 Å². The van der Waals surface area contributed by atoms with Crippen LogP contribution in [0.5, 0.6) is 0 Å². The summed E-state index contributed by atoms with van der Waals surface area (Å²) in [4.78, 5) is 10.7. The number of nitrogens with one attached hydrogen (secondary N) is 1. The molecule has 1 unspecified atom stereocenters. The normalized spacial score (nSPS) is 12.4. The van der Waals surface area contributed by atoms with E-state index in [2.05, 4.69) is 25.7 Å². The minimum absolute atomic E-state index is 0.146. The molecule has 0 bridgehead atoms. The van der Waals surface area contributed by atoms with E-state index >= 15 is 0 Å². The lowest BCUT2D eigenvalue weighted by Gasteiger charge is -2.23. The van der Waals surface area contributed by atoms with Crippen LogP contribution in [0.3, 0.4) is 0 Å². The van der Waals surface area contributed by atoms with Crippen molar-refractivity contribution in [3.05, 3.63) is 48.0 Å². The van der Waals surface area contributed by atoms with E-state index in [0.717, 1.165) is 0 Å². The molecule has 0 saturated carbocycles. The SMILES string of the molecule is C=C(CNC(c1ccccc1)C(C)C)C(=O)O. The first-order valence-electron chi connectivity index (χ1n) is 5.71. The van der Waals surface area contributed by atoms with Gasteiger partial charge in [0.05, 0.1) is 0 Å². The minimum Gasteiger partial charge on any atom is -0.478 e. The van der Waals surface area contributed by atoms with E-state index in [0.29, 0.717) is 12.5 Å². The Kier molecular flexibility index (Phi) is 4.91. The van der Waals surface area contributed by atoms with E-state index in [1.165, 1.54) is 5.56 Å². The maximum atomic E-state index is 10.7. The first-order chi connectivity index (χ1) is 8.02. The summed E-state index contributed by atoms with van der Waals surface area (Å²) < 4.78 is 0. The van der Waals surface area contributed by atoms with Crippen molar-refractivity contribution < 1.29 is 9.90 Å². The first kappa shape index (κ1) is 13.5. The molecule has 0 radical (unpaired) electrons. The second-order valence-corrected chi connectivity index (χ2v) is 4.42. The monoisotopic (exact) mass is 233 g/mol. The molecule has 0 amide bonds. The molecule has 3 nitrogen and oxygen atoms in total. The van der Waals surface area contributed by atoms with Crippen LogP contribution >= 0.6 is 0 Å². The van der Waals surface area contributed by atoms with Crippen LogP contribution in [0.1, 0.15) is 25.5 Å². The summed E-state index contributed by atoms with van der Waals surface area (Å²) in [6.07, 6.45) is 0. The molecule has 1 aromatic carbocycles. The second kappa shape index (κ2) is 6.21. The van der Waals surface area contributed by atoms with Gasteiger partial charge >= 0.3 is 5.97 Å². The quantitative estimate of drug-likeness (QED) is 0.742. The molecule has 0 aliphatic carbocycles.